The lowest BCUT2D eigenvalue weighted by Crippen LogP contribution is -2.49. The quantitative estimate of drug-likeness (QED) is 0.860. The molecule has 1 aromatic carbocycles. The lowest BCUT2D eigenvalue weighted by molar-refractivity contribution is -0.0170. The fourth-order valence-electron chi connectivity index (χ4n) is 3.41. The Morgan fingerprint density at radius 2 is 2.00 bits per heavy atom. The largest absolute Gasteiger partial charge is 0.385 e. The summed E-state index contributed by atoms with van der Waals surface area (Å²) in [5, 5.41) is 18.8. The molecule has 6 nitrogen and oxygen atoms in total. The van der Waals surface area contributed by atoms with Gasteiger partial charge in [0.2, 0.25) is 0 Å². The summed E-state index contributed by atoms with van der Waals surface area (Å²) in [7, 11) is 1.86. The molecule has 1 aliphatic rings. The van der Waals surface area contributed by atoms with Gasteiger partial charge < -0.3 is 15.3 Å². The second-order valence-corrected chi connectivity index (χ2v) is 7.32. The van der Waals surface area contributed by atoms with Crippen molar-refractivity contribution in [3.05, 3.63) is 52.8 Å². The summed E-state index contributed by atoms with van der Waals surface area (Å²) in [5.74, 6) is 0. The Morgan fingerprint density at radius 3 is 2.54 bits per heavy atom. The minimum Gasteiger partial charge on any atom is -0.385 e. The number of hydrogen-bond donors (Lipinski definition) is 2. The number of piperidine rings is 1. The van der Waals surface area contributed by atoms with Crippen LogP contribution in [0.1, 0.15) is 43.4 Å². The number of nitrogens with zero attached hydrogens (tertiary/aromatic N) is 3. The molecule has 0 bridgehead atoms. The van der Waals surface area contributed by atoms with E-state index in [2.05, 4.69) is 10.4 Å². The topological polar surface area (TPSA) is 70.4 Å². The molecular formula is C19H25ClN4O2. The zero-order valence-corrected chi connectivity index (χ0v) is 15.9. The zero-order valence-electron chi connectivity index (χ0n) is 15.2. The molecule has 7 heteroatoms. The third-order valence-corrected chi connectivity index (χ3v) is 5.34. The number of amides is 2. The second-order valence-electron chi connectivity index (χ2n) is 6.88. The standard InChI is InChI=1S/C19H25ClN4O2/c1-3-17(14-12-21-23(2)13-14)22-18(25)24-10-8-19(26,9-11-24)15-4-6-16(20)7-5-15/h4-7,12-13,17,26H,3,8-11H2,1-2H3,(H,22,25). The molecule has 0 saturated carbocycles. The van der Waals surface area contributed by atoms with E-state index < -0.39 is 5.60 Å². The molecule has 2 heterocycles. The average Bonchev–Trinajstić information content (AvgIpc) is 3.06. The minimum atomic E-state index is -0.908. The molecule has 1 aromatic heterocycles. The number of aliphatic hydroxyl groups is 1. The summed E-state index contributed by atoms with van der Waals surface area (Å²) in [6, 6.07) is 7.12. The van der Waals surface area contributed by atoms with Gasteiger partial charge in [-0.1, -0.05) is 30.7 Å². The smallest absolute Gasteiger partial charge is 0.317 e. The van der Waals surface area contributed by atoms with Crippen LogP contribution in [0.4, 0.5) is 4.79 Å². The van der Waals surface area contributed by atoms with Gasteiger partial charge in [-0.25, -0.2) is 4.79 Å². The van der Waals surface area contributed by atoms with Gasteiger partial charge in [-0.3, -0.25) is 4.68 Å². The first-order valence-electron chi connectivity index (χ1n) is 8.93. The van der Waals surface area contributed by atoms with Crippen LogP contribution >= 0.6 is 11.6 Å². The predicted octanol–water partition coefficient (Wildman–Crippen LogP) is 3.22. The molecule has 0 aliphatic carbocycles. The molecule has 2 amide bonds. The van der Waals surface area contributed by atoms with E-state index in [1.165, 1.54) is 0 Å². The molecule has 0 spiro atoms. The van der Waals surface area contributed by atoms with Crippen LogP contribution < -0.4 is 5.32 Å². The number of benzene rings is 1. The van der Waals surface area contributed by atoms with Crippen LogP contribution in [0.3, 0.4) is 0 Å². The van der Waals surface area contributed by atoms with Crippen molar-refractivity contribution < 1.29 is 9.90 Å². The molecule has 1 fully saturated rings. The Kier molecular flexibility index (Phi) is 5.53. The Balaban J connectivity index is 1.60. The van der Waals surface area contributed by atoms with Gasteiger partial charge in [0.15, 0.2) is 0 Å². The highest BCUT2D eigenvalue weighted by Gasteiger charge is 2.35. The van der Waals surface area contributed by atoms with Crippen molar-refractivity contribution >= 4 is 17.6 Å². The molecular weight excluding hydrogens is 352 g/mol. The van der Waals surface area contributed by atoms with E-state index in [1.54, 1.807) is 27.9 Å². The first-order valence-corrected chi connectivity index (χ1v) is 9.31. The van der Waals surface area contributed by atoms with Gasteiger partial charge in [0.25, 0.3) is 0 Å². The van der Waals surface area contributed by atoms with Gasteiger partial charge in [-0.05, 0) is 37.0 Å². The van der Waals surface area contributed by atoms with Crippen LogP contribution in [0.5, 0.6) is 0 Å². The second kappa shape index (κ2) is 7.68. The van der Waals surface area contributed by atoms with E-state index in [9.17, 15) is 9.90 Å². The third-order valence-electron chi connectivity index (χ3n) is 5.09. The van der Waals surface area contributed by atoms with Crippen LogP contribution in [0.2, 0.25) is 5.02 Å². The van der Waals surface area contributed by atoms with Gasteiger partial charge in [0.05, 0.1) is 17.8 Å². The molecule has 26 heavy (non-hydrogen) atoms. The monoisotopic (exact) mass is 376 g/mol. The maximum Gasteiger partial charge on any atom is 0.317 e. The minimum absolute atomic E-state index is 0.0618. The van der Waals surface area contributed by atoms with Crippen LogP contribution in [-0.4, -0.2) is 38.9 Å². The van der Waals surface area contributed by atoms with Crippen LogP contribution in [-0.2, 0) is 12.6 Å². The lowest BCUT2D eigenvalue weighted by atomic mass is 9.84. The van der Waals surface area contributed by atoms with Gasteiger partial charge in [-0.2, -0.15) is 5.10 Å². The Hall–Kier alpha value is -2.05. The van der Waals surface area contributed by atoms with Gasteiger partial charge >= 0.3 is 6.03 Å². The number of urea groups is 1. The SMILES string of the molecule is CCC(NC(=O)N1CCC(O)(c2ccc(Cl)cc2)CC1)c1cnn(C)c1. The Morgan fingerprint density at radius 1 is 1.35 bits per heavy atom. The predicted molar refractivity (Wildman–Crippen MR) is 101 cm³/mol. The zero-order chi connectivity index (χ0) is 18.7. The molecule has 1 saturated heterocycles. The van der Waals surface area contributed by atoms with Crippen molar-refractivity contribution in [2.45, 2.75) is 37.8 Å². The first-order chi connectivity index (χ1) is 12.4. The fraction of sp³-hybridized carbons (Fsp3) is 0.474. The number of likely N-dealkylation sites (tertiary alicyclic amines) is 1. The van der Waals surface area contributed by atoms with Crippen molar-refractivity contribution in [2.75, 3.05) is 13.1 Å². The van der Waals surface area contributed by atoms with E-state index in [0.29, 0.717) is 31.0 Å². The number of carbonyl (C=O) groups is 1. The number of carbonyl (C=O) groups excluding carboxylic acids is 1. The Bertz CT molecular complexity index is 751. The highest BCUT2D eigenvalue weighted by atomic mass is 35.5. The summed E-state index contributed by atoms with van der Waals surface area (Å²) < 4.78 is 1.73. The van der Waals surface area contributed by atoms with Crippen molar-refractivity contribution in [3.63, 3.8) is 0 Å². The normalized spacial score (nSPS) is 17.8. The van der Waals surface area contributed by atoms with Crippen molar-refractivity contribution in [1.82, 2.24) is 20.0 Å². The molecule has 1 aliphatic heterocycles. The van der Waals surface area contributed by atoms with Crippen LogP contribution in [0.25, 0.3) is 0 Å². The highest BCUT2D eigenvalue weighted by molar-refractivity contribution is 6.30. The number of aromatic nitrogens is 2. The molecule has 3 rings (SSSR count). The summed E-state index contributed by atoms with van der Waals surface area (Å²) in [5.41, 5.74) is 0.941. The number of halogens is 1. The summed E-state index contributed by atoms with van der Waals surface area (Å²) in [6.45, 7) is 3.05. The van der Waals surface area contributed by atoms with E-state index in [-0.39, 0.29) is 12.1 Å². The van der Waals surface area contributed by atoms with Crippen molar-refractivity contribution in [2.24, 2.45) is 7.05 Å². The molecule has 2 aromatic rings. The van der Waals surface area contributed by atoms with Crippen LogP contribution in [0.15, 0.2) is 36.7 Å². The average molecular weight is 377 g/mol. The number of nitrogens with one attached hydrogen (secondary N) is 1. The van der Waals surface area contributed by atoms with Gasteiger partial charge in [0.1, 0.15) is 0 Å². The summed E-state index contributed by atoms with van der Waals surface area (Å²) >= 11 is 5.93. The van der Waals surface area contributed by atoms with E-state index in [0.717, 1.165) is 17.5 Å². The molecule has 140 valence electrons. The third kappa shape index (κ3) is 4.02. The van der Waals surface area contributed by atoms with E-state index in [1.807, 2.05) is 32.3 Å². The lowest BCUT2D eigenvalue weighted by Gasteiger charge is -2.39. The Labute approximate surface area is 158 Å². The van der Waals surface area contributed by atoms with Gasteiger partial charge in [-0.15, -0.1) is 0 Å². The van der Waals surface area contributed by atoms with E-state index >= 15 is 0 Å². The van der Waals surface area contributed by atoms with Gasteiger partial charge in [0, 0.05) is 36.9 Å². The number of aryl methyl sites for hydroxylation is 1. The summed E-state index contributed by atoms with van der Waals surface area (Å²) in [4.78, 5) is 14.4. The highest BCUT2D eigenvalue weighted by Crippen LogP contribution is 2.33. The van der Waals surface area contributed by atoms with Crippen molar-refractivity contribution in [1.29, 1.82) is 0 Å². The number of rotatable bonds is 4. The molecule has 1 atom stereocenters. The fourth-order valence-corrected chi connectivity index (χ4v) is 3.54. The molecule has 0 radical (unpaired) electrons. The summed E-state index contributed by atoms with van der Waals surface area (Å²) in [6.07, 6.45) is 5.51. The maximum absolute atomic E-state index is 12.6. The number of hydrogen-bond acceptors (Lipinski definition) is 3. The van der Waals surface area contributed by atoms with Crippen LogP contribution in [0, 0.1) is 0 Å². The first kappa shape index (κ1) is 18.7. The van der Waals surface area contributed by atoms with E-state index in [4.69, 9.17) is 11.6 Å². The van der Waals surface area contributed by atoms with Crippen molar-refractivity contribution in [3.8, 4) is 0 Å². The molecule has 2 N–H and O–H groups in total. The maximum atomic E-state index is 12.6. The molecule has 1 unspecified atom stereocenters.